The first-order chi connectivity index (χ1) is 11.4. The Morgan fingerprint density at radius 1 is 1.46 bits per heavy atom. The van der Waals surface area contributed by atoms with Gasteiger partial charge in [0, 0.05) is 6.54 Å². The smallest absolute Gasteiger partial charge is 0.407 e. The normalized spacial score (nSPS) is 27.7. The predicted octanol–water partition coefficient (Wildman–Crippen LogP) is 0.533. The van der Waals surface area contributed by atoms with Crippen LogP contribution in [0.4, 0.5) is 15.3 Å². The molecule has 24 heavy (non-hydrogen) atoms. The number of hydrogen-bond donors (Lipinski definition) is 1. The molecule has 0 saturated carbocycles. The Morgan fingerprint density at radius 2 is 2.21 bits per heavy atom. The number of nitriles is 1. The number of amides is 4. The van der Waals surface area contributed by atoms with Crippen molar-refractivity contribution in [2.45, 2.75) is 31.5 Å². The monoisotopic (exact) mass is 327 g/mol. The lowest BCUT2D eigenvalue weighted by atomic mass is 10.1. The molecule has 3 saturated heterocycles. The van der Waals surface area contributed by atoms with Crippen molar-refractivity contribution in [3.63, 3.8) is 0 Å². The maximum atomic E-state index is 12.8. The fraction of sp³-hybridized carbons (Fsp3) is 0.400. The largest absolute Gasteiger partial charge is 0.465 e. The number of likely N-dealkylation sites (tertiary alicyclic amines) is 1. The Hall–Kier alpha value is -3.15. The molecule has 0 aromatic carbocycles. The number of anilines is 1. The van der Waals surface area contributed by atoms with Crippen molar-refractivity contribution in [3.8, 4) is 6.07 Å². The van der Waals surface area contributed by atoms with Crippen molar-refractivity contribution in [3.05, 3.63) is 23.5 Å². The number of aryl methyl sites for hydroxylation is 1. The van der Waals surface area contributed by atoms with Crippen LogP contribution in [0.5, 0.6) is 0 Å². The Labute approximate surface area is 136 Å². The first-order valence-corrected chi connectivity index (χ1v) is 7.46. The van der Waals surface area contributed by atoms with Crippen LogP contribution in [0, 0.1) is 18.3 Å². The van der Waals surface area contributed by atoms with Gasteiger partial charge in [-0.2, -0.15) is 5.26 Å². The van der Waals surface area contributed by atoms with Crippen LogP contribution in [-0.2, 0) is 4.79 Å². The maximum Gasteiger partial charge on any atom is 0.407 e. The first-order valence-electron chi connectivity index (χ1n) is 7.46. The van der Waals surface area contributed by atoms with E-state index in [1.54, 1.807) is 13.0 Å². The fourth-order valence-corrected chi connectivity index (χ4v) is 3.91. The molecule has 4 amide bonds. The van der Waals surface area contributed by atoms with Crippen LogP contribution in [-0.4, -0.2) is 62.6 Å². The molecule has 122 valence electrons. The average Bonchev–Trinajstić information content (AvgIpc) is 3.19. The quantitative estimate of drug-likeness (QED) is 0.752. The topological polar surface area (TPSA) is 118 Å². The number of hydrogen-bond acceptors (Lipinski definition) is 5. The summed E-state index contributed by atoms with van der Waals surface area (Å²) in [5, 5.41) is 18.2. The van der Waals surface area contributed by atoms with E-state index in [2.05, 4.69) is 4.98 Å². The minimum Gasteiger partial charge on any atom is -0.465 e. The number of rotatable bonds is 1. The van der Waals surface area contributed by atoms with Gasteiger partial charge in [-0.3, -0.25) is 4.79 Å². The van der Waals surface area contributed by atoms with Gasteiger partial charge in [-0.05, 0) is 25.0 Å². The highest BCUT2D eigenvalue weighted by Crippen LogP contribution is 2.42. The van der Waals surface area contributed by atoms with Crippen molar-refractivity contribution in [2.75, 3.05) is 11.4 Å². The molecule has 1 N–H and O–H groups in total. The highest BCUT2D eigenvalue weighted by molar-refractivity contribution is 6.22. The number of imide groups is 1. The first kappa shape index (κ1) is 14.4. The van der Waals surface area contributed by atoms with Crippen LogP contribution >= 0.6 is 0 Å². The second kappa shape index (κ2) is 4.67. The highest BCUT2D eigenvalue weighted by atomic mass is 16.4. The molecule has 3 fully saturated rings. The van der Waals surface area contributed by atoms with Crippen LogP contribution in [0.2, 0.25) is 0 Å². The number of nitrogens with zero attached hydrogens (tertiary/aromatic N) is 5. The molecule has 0 spiro atoms. The van der Waals surface area contributed by atoms with Crippen molar-refractivity contribution in [1.29, 1.82) is 5.26 Å². The summed E-state index contributed by atoms with van der Waals surface area (Å²) in [6, 6.07) is 1.51. The number of urea groups is 1. The van der Waals surface area contributed by atoms with Gasteiger partial charge < -0.3 is 14.9 Å². The van der Waals surface area contributed by atoms with E-state index in [-0.39, 0.29) is 18.3 Å². The third-order valence-electron chi connectivity index (χ3n) is 4.94. The zero-order valence-electron chi connectivity index (χ0n) is 12.7. The van der Waals surface area contributed by atoms with Gasteiger partial charge in [0.05, 0.1) is 24.0 Å². The molecule has 0 aliphatic carbocycles. The Kier molecular flexibility index (Phi) is 2.81. The molecule has 4 heterocycles. The molecule has 2 bridgehead atoms. The van der Waals surface area contributed by atoms with Gasteiger partial charge in [0.1, 0.15) is 17.8 Å². The van der Waals surface area contributed by atoms with Gasteiger partial charge in [0.2, 0.25) is 0 Å². The molecule has 9 heteroatoms. The number of carboxylic acid groups (broad SMARTS) is 1. The highest BCUT2D eigenvalue weighted by Gasteiger charge is 2.63. The number of carbonyl (C=O) groups excluding carboxylic acids is 2. The van der Waals surface area contributed by atoms with E-state index in [0.717, 1.165) is 4.90 Å². The lowest BCUT2D eigenvalue weighted by Gasteiger charge is -2.32. The SMILES string of the molecule is Cc1cc(N2C(=O)[C@@H]3[C@@H]4C[C@@H](CN4C(=O)O)N3C2=O)cnc1C#N. The van der Waals surface area contributed by atoms with E-state index in [1.165, 1.54) is 16.0 Å². The zero-order chi connectivity index (χ0) is 17.2. The Bertz CT molecular complexity index is 832. The van der Waals surface area contributed by atoms with Gasteiger partial charge in [-0.1, -0.05) is 0 Å². The summed E-state index contributed by atoms with van der Waals surface area (Å²) < 4.78 is 0. The van der Waals surface area contributed by atoms with Crippen LogP contribution in [0.3, 0.4) is 0 Å². The molecular weight excluding hydrogens is 314 g/mol. The standard InChI is InChI=1S/C15H13N5O4/c1-7-2-8(5-17-10(7)4-16)20-13(21)12-11-3-9(19(12)14(20)22)6-18(11)15(23)24/h2,5,9,11-12H,3,6H2,1H3,(H,23,24)/t9-,11-,12-/m0/s1. The molecule has 1 aromatic rings. The van der Waals surface area contributed by atoms with Crippen molar-refractivity contribution >= 4 is 23.7 Å². The van der Waals surface area contributed by atoms with Crippen LogP contribution in [0.1, 0.15) is 17.7 Å². The zero-order valence-corrected chi connectivity index (χ0v) is 12.7. The second-order valence-corrected chi connectivity index (χ2v) is 6.17. The molecular formula is C15H13N5O4. The van der Waals surface area contributed by atoms with E-state index in [0.29, 0.717) is 17.7 Å². The minimum atomic E-state index is -1.07. The molecule has 1 aromatic heterocycles. The summed E-state index contributed by atoms with van der Waals surface area (Å²) in [4.78, 5) is 44.5. The van der Waals surface area contributed by atoms with Crippen LogP contribution < -0.4 is 4.90 Å². The lowest BCUT2D eigenvalue weighted by molar-refractivity contribution is -0.121. The van der Waals surface area contributed by atoms with Crippen LogP contribution in [0.25, 0.3) is 0 Å². The molecule has 0 unspecified atom stereocenters. The predicted molar refractivity (Wildman–Crippen MR) is 79.1 cm³/mol. The van der Waals surface area contributed by atoms with Gasteiger partial charge in [-0.15, -0.1) is 0 Å². The number of fused-ring (bicyclic) bond motifs is 5. The summed E-state index contributed by atoms with van der Waals surface area (Å²) in [7, 11) is 0. The number of pyridine rings is 1. The fourth-order valence-electron chi connectivity index (χ4n) is 3.91. The third kappa shape index (κ3) is 1.68. The maximum absolute atomic E-state index is 12.8. The Balaban J connectivity index is 1.70. The third-order valence-corrected chi connectivity index (χ3v) is 4.94. The van der Waals surface area contributed by atoms with E-state index < -0.39 is 30.1 Å². The van der Waals surface area contributed by atoms with Crippen LogP contribution in [0.15, 0.2) is 12.3 Å². The van der Waals surface area contributed by atoms with Gasteiger partial charge in [0.15, 0.2) is 0 Å². The summed E-state index contributed by atoms with van der Waals surface area (Å²) in [6.07, 6.45) is 0.740. The summed E-state index contributed by atoms with van der Waals surface area (Å²) >= 11 is 0. The molecule has 0 radical (unpaired) electrons. The minimum absolute atomic E-state index is 0.230. The summed E-state index contributed by atoms with van der Waals surface area (Å²) in [5.41, 5.74) is 1.10. The molecule has 3 aliphatic rings. The molecule has 9 nitrogen and oxygen atoms in total. The number of aromatic nitrogens is 1. The van der Waals surface area contributed by atoms with Crippen molar-refractivity contribution in [2.24, 2.45) is 0 Å². The molecule has 3 atom stereocenters. The molecule has 4 rings (SSSR count). The average molecular weight is 327 g/mol. The summed E-state index contributed by atoms with van der Waals surface area (Å²) in [5.74, 6) is -0.440. The van der Waals surface area contributed by atoms with Gasteiger partial charge >= 0.3 is 12.1 Å². The number of piperazine rings is 1. The van der Waals surface area contributed by atoms with Crippen molar-refractivity contribution < 1.29 is 19.5 Å². The van der Waals surface area contributed by atoms with E-state index in [1.807, 2.05) is 6.07 Å². The number of carbonyl (C=O) groups is 3. The van der Waals surface area contributed by atoms with Gasteiger partial charge in [-0.25, -0.2) is 19.5 Å². The van der Waals surface area contributed by atoms with Gasteiger partial charge in [0.25, 0.3) is 5.91 Å². The van der Waals surface area contributed by atoms with E-state index in [4.69, 9.17) is 5.26 Å². The summed E-state index contributed by atoms with van der Waals surface area (Å²) in [6.45, 7) is 1.91. The van der Waals surface area contributed by atoms with E-state index >= 15 is 0 Å². The van der Waals surface area contributed by atoms with Crippen molar-refractivity contribution in [1.82, 2.24) is 14.8 Å². The molecule has 3 aliphatic heterocycles. The van der Waals surface area contributed by atoms with E-state index in [9.17, 15) is 19.5 Å². The lowest BCUT2D eigenvalue weighted by Crippen LogP contribution is -2.54. The second-order valence-electron chi connectivity index (χ2n) is 6.17. The Morgan fingerprint density at radius 3 is 2.83 bits per heavy atom.